The summed E-state index contributed by atoms with van der Waals surface area (Å²) < 4.78 is 1.73. The van der Waals surface area contributed by atoms with Gasteiger partial charge in [-0.1, -0.05) is 34.5 Å². The molecule has 24 heavy (non-hydrogen) atoms. The van der Waals surface area contributed by atoms with E-state index in [1.807, 2.05) is 23.1 Å². The van der Waals surface area contributed by atoms with E-state index < -0.39 is 0 Å². The number of carbonyl (C=O) groups is 1. The predicted octanol–water partition coefficient (Wildman–Crippen LogP) is 4.63. The van der Waals surface area contributed by atoms with Crippen LogP contribution in [0.25, 0.3) is 10.2 Å². The Labute approximate surface area is 157 Å². The van der Waals surface area contributed by atoms with Crippen molar-refractivity contribution in [2.75, 3.05) is 31.1 Å². The number of halogens is 2. The third-order valence-corrected chi connectivity index (χ3v) is 6.49. The van der Waals surface area contributed by atoms with Crippen molar-refractivity contribution in [2.24, 2.45) is 0 Å². The van der Waals surface area contributed by atoms with Crippen molar-refractivity contribution >= 4 is 67.1 Å². The fourth-order valence-electron chi connectivity index (χ4n) is 2.71. The number of thiazole rings is 1. The lowest BCUT2D eigenvalue weighted by Crippen LogP contribution is -2.48. The number of hydrogen-bond acceptors (Lipinski definition) is 5. The highest BCUT2D eigenvalue weighted by molar-refractivity contribution is 7.22. The summed E-state index contributed by atoms with van der Waals surface area (Å²) in [5, 5.41) is 1.71. The maximum absolute atomic E-state index is 12.5. The molecule has 1 aliphatic rings. The second-order valence-corrected chi connectivity index (χ2v) is 8.65. The van der Waals surface area contributed by atoms with E-state index in [0.717, 1.165) is 33.5 Å². The number of rotatable bonds is 2. The number of anilines is 1. The molecule has 1 aromatic carbocycles. The molecule has 1 amide bonds. The molecule has 4 rings (SSSR count). The molecule has 0 saturated carbocycles. The highest BCUT2D eigenvalue weighted by Gasteiger charge is 2.24. The summed E-state index contributed by atoms with van der Waals surface area (Å²) in [5.41, 5.74) is 0.964. The molecule has 124 valence electrons. The summed E-state index contributed by atoms with van der Waals surface area (Å²) in [6.07, 6.45) is 0. The van der Waals surface area contributed by atoms with Crippen LogP contribution in [0.5, 0.6) is 0 Å². The second kappa shape index (κ2) is 6.52. The fraction of sp³-hybridized carbons (Fsp3) is 0.250. The SMILES string of the molecule is O=C(c1ccc(Cl)s1)N1CCN(c2nc3ccc(Cl)cc3s2)CC1. The number of benzene rings is 1. The van der Waals surface area contributed by atoms with E-state index in [4.69, 9.17) is 23.2 Å². The zero-order valence-corrected chi connectivity index (χ0v) is 15.7. The minimum absolute atomic E-state index is 0.0580. The molecular formula is C16H13Cl2N3OS2. The second-order valence-electron chi connectivity index (χ2n) is 5.49. The van der Waals surface area contributed by atoms with Gasteiger partial charge in [-0.25, -0.2) is 4.98 Å². The van der Waals surface area contributed by atoms with Crippen LogP contribution in [0.4, 0.5) is 5.13 Å². The fourth-order valence-corrected chi connectivity index (χ4v) is 5.01. The number of fused-ring (bicyclic) bond motifs is 1. The van der Waals surface area contributed by atoms with Crippen LogP contribution in [-0.2, 0) is 0 Å². The van der Waals surface area contributed by atoms with Gasteiger partial charge in [0.05, 0.1) is 19.4 Å². The molecule has 0 atom stereocenters. The Bertz CT molecular complexity index is 900. The standard InChI is InChI=1S/C16H13Cl2N3OS2/c17-10-1-2-11-13(9-10)24-16(19-11)21-7-5-20(6-8-21)15(22)12-3-4-14(18)23-12/h1-4,9H,5-8H2. The van der Waals surface area contributed by atoms with Crippen molar-refractivity contribution < 1.29 is 4.79 Å². The minimum atomic E-state index is 0.0580. The molecular weight excluding hydrogens is 385 g/mol. The third-order valence-electron chi connectivity index (χ3n) is 3.96. The molecule has 0 N–H and O–H groups in total. The van der Waals surface area contributed by atoms with Gasteiger partial charge < -0.3 is 9.80 Å². The largest absolute Gasteiger partial charge is 0.345 e. The van der Waals surface area contributed by atoms with Gasteiger partial charge in [-0.05, 0) is 30.3 Å². The van der Waals surface area contributed by atoms with E-state index in [1.165, 1.54) is 11.3 Å². The lowest BCUT2D eigenvalue weighted by Gasteiger charge is -2.34. The molecule has 0 radical (unpaired) electrons. The normalized spacial score (nSPS) is 15.2. The Morgan fingerprint density at radius 1 is 1.04 bits per heavy atom. The first-order valence-electron chi connectivity index (χ1n) is 7.46. The smallest absolute Gasteiger partial charge is 0.264 e. The average Bonchev–Trinajstić information content (AvgIpc) is 3.20. The van der Waals surface area contributed by atoms with Crippen molar-refractivity contribution in [1.29, 1.82) is 0 Å². The molecule has 1 saturated heterocycles. The van der Waals surface area contributed by atoms with Gasteiger partial charge in [-0.3, -0.25) is 4.79 Å². The molecule has 0 bridgehead atoms. The highest BCUT2D eigenvalue weighted by atomic mass is 35.5. The summed E-state index contributed by atoms with van der Waals surface area (Å²) in [6.45, 7) is 2.92. The molecule has 3 aromatic rings. The molecule has 0 aliphatic carbocycles. The molecule has 0 spiro atoms. The summed E-state index contributed by atoms with van der Waals surface area (Å²) in [5.74, 6) is 0.0580. The number of thiophene rings is 1. The van der Waals surface area contributed by atoms with Crippen LogP contribution in [0.1, 0.15) is 9.67 Å². The molecule has 1 fully saturated rings. The quantitative estimate of drug-likeness (QED) is 0.632. The zero-order valence-electron chi connectivity index (χ0n) is 12.5. The van der Waals surface area contributed by atoms with Crippen molar-refractivity contribution in [3.8, 4) is 0 Å². The molecule has 3 heterocycles. The minimum Gasteiger partial charge on any atom is -0.345 e. The lowest BCUT2D eigenvalue weighted by atomic mass is 10.3. The Hall–Kier alpha value is -1.34. The number of carbonyl (C=O) groups excluding carboxylic acids is 1. The molecule has 1 aliphatic heterocycles. The Kier molecular flexibility index (Phi) is 4.39. The van der Waals surface area contributed by atoms with Gasteiger partial charge in [0.2, 0.25) is 0 Å². The average molecular weight is 398 g/mol. The van der Waals surface area contributed by atoms with Gasteiger partial charge in [0, 0.05) is 31.2 Å². The number of amides is 1. The summed E-state index contributed by atoms with van der Waals surface area (Å²) >= 11 is 14.9. The van der Waals surface area contributed by atoms with Crippen molar-refractivity contribution in [1.82, 2.24) is 9.88 Å². The van der Waals surface area contributed by atoms with Crippen molar-refractivity contribution in [3.05, 3.63) is 44.6 Å². The predicted molar refractivity (Wildman–Crippen MR) is 102 cm³/mol. The number of hydrogen-bond donors (Lipinski definition) is 0. The van der Waals surface area contributed by atoms with Crippen LogP contribution in [0.3, 0.4) is 0 Å². The van der Waals surface area contributed by atoms with Crippen LogP contribution in [0.15, 0.2) is 30.3 Å². The van der Waals surface area contributed by atoms with Crippen LogP contribution < -0.4 is 4.90 Å². The van der Waals surface area contributed by atoms with Crippen LogP contribution in [0, 0.1) is 0 Å². The monoisotopic (exact) mass is 397 g/mol. The first kappa shape index (κ1) is 16.1. The summed E-state index contributed by atoms with van der Waals surface area (Å²) in [7, 11) is 0. The van der Waals surface area contributed by atoms with Gasteiger partial charge >= 0.3 is 0 Å². The van der Waals surface area contributed by atoms with Crippen LogP contribution in [0.2, 0.25) is 9.36 Å². The number of aromatic nitrogens is 1. The van der Waals surface area contributed by atoms with E-state index >= 15 is 0 Å². The molecule has 4 nitrogen and oxygen atoms in total. The van der Waals surface area contributed by atoms with Crippen molar-refractivity contribution in [2.45, 2.75) is 0 Å². The first-order valence-corrected chi connectivity index (χ1v) is 9.85. The van der Waals surface area contributed by atoms with Crippen LogP contribution in [-0.4, -0.2) is 42.0 Å². The zero-order chi connectivity index (χ0) is 16.7. The lowest BCUT2D eigenvalue weighted by molar-refractivity contribution is 0.0751. The Balaban J connectivity index is 1.46. The van der Waals surface area contributed by atoms with E-state index in [-0.39, 0.29) is 5.91 Å². The Morgan fingerprint density at radius 3 is 2.54 bits per heavy atom. The van der Waals surface area contributed by atoms with Gasteiger partial charge in [-0.2, -0.15) is 0 Å². The van der Waals surface area contributed by atoms with Gasteiger partial charge in [0.25, 0.3) is 5.91 Å². The molecule has 2 aromatic heterocycles. The first-order chi connectivity index (χ1) is 11.6. The maximum atomic E-state index is 12.5. The number of nitrogens with zero attached hydrogens (tertiary/aromatic N) is 3. The van der Waals surface area contributed by atoms with E-state index in [0.29, 0.717) is 22.3 Å². The third kappa shape index (κ3) is 3.11. The van der Waals surface area contributed by atoms with Gasteiger partial charge in [0.15, 0.2) is 5.13 Å². The highest BCUT2D eigenvalue weighted by Crippen LogP contribution is 2.31. The Morgan fingerprint density at radius 2 is 1.83 bits per heavy atom. The van der Waals surface area contributed by atoms with E-state index in [9.17, 15) is 4.79 Å². The van der Waals surface area contributed by atoms with Crippen LogP contribution >= 0.6 is 45.9 Å². The topological polar surface area (TPSA) is 36.4 Å². The van der Waals surface area contributed by atoms with Crippen molar-refractivity contribution in [3.63, 3.8) is 0 Å². The van der Waals surface area contributed by atoms with Gasteiger partial charge in [-0.15, -0.1) is 11.3 Å². The number of piperazine rings is 1. The van der Waals surface area contributed by atoms with E-state index in [1.54, 1.807) is 23.5 Å². The van der Waals surface area contributed by atoms with E-state index in [2.05, 4.69) is 9.88 Å². The van der Waals surface area contributed by atoms with Gasteiger partial charge in [0.1, 0.15) is 0 Å². The maximum Gasteiger partial charge on any atom is 0.264 e. The molecule has 0 unspecified atom stereocenters. The summed E-state index contributed by atoms with van der Waals surface area (Å²) in [4.78, 5) is 21.9. The summed E-state index contributed by atoms with van der Waals surface area (Å²) in [6, 6.07) is 9.30. The molecule has 8 heteroatoms.